The van der Waals surface area contributed by atoms with Crippen LogP contribution in [0.3, 0.4) is 0 Å². The first-order chi connectivity index (χ1) is 8.93. The number of hydrogen-bond acceptors (Lipinski definition) is 6. The lowest BCUT2D eigenvalue weighted by Crippen LogP contribution is -2.29. The van der Waals surface area contributed by atoms with Gasteiger partial charge < -0.3 is 21.5 Å². The van der Waals surface area contributed by atoms with Crippen molar-refractivity contribution in [3.63, 3.8) is 0 Å². The fourth-order valence-electron chi connectivity index (χ4n) is 1.32. The third-order valence-corrected chi connectivity index (χ3v) is 2.16. The molecular formula is C10H12N4O5. The predicted molar refractivity (Wildman–Crippen MR) is 65.4 cm³/mol. The number of benzene rings is 1. The van der Waals surface area contributed by atoms with E-state index in [1.165, 1.54) is 18.2 Å². The molecule has 9 nitrogen and oxygen atoms in total. The van der Waals surface area contributed by atoms with Gasteiger partial charge in [0.25, 0.3) is 11.6 Å². The number of primary amides is 1. The summed E-state index contributed by atoms with van der Waals surface area (Å²) >= 11 is 0. The topological polar surface area (TPSA) is 151 Å². The number of nitrogens with zero attached hydrogens (tertiary/aromatic N) is 1. The number of nitrogen functional groups attached to an aromatic ring is 1. The van der Waals surface area contributed by atoms with Crippen molar-refractivity contribution in [1.29, 1.82) is 0 Å². The third kappa shape index (κ3) is 3.84. The van der Waals surface area contributed by atoms with Gasteiger partial charge in [-0.05, 0) is 6.07 Å². The number of amides is 2. The highest BCUT2D eigenvalue weighted by Gasteiger charge is 2.18. The number of nitro benzene ring substituents is 1. The number of nitrogens with two attached hydrogens (primary N) is 2. The van der Waals surface area contributed by atoms with Crippen LogP contribution in [0.4, 0.5) is 16.2 Å². The molecule has 1 aromatic rings. The smallest absolute Gasteiger partial charge is 0.404 e. The van der Waals surface area contributed by atoms with Gasteiger partial charge in [0, 0.05) is 6.07 Å². The van der Waals surface area contributed by atoms with Gasteiger partial charge in [0.1, 0.15) is 12.3 Å². The number of para-hydroxylation sites is 1. The summed E-state index contributed by atoms with van der Waals surface area (Å²) in [6, 6.07) is 3.90. The molecule has 1 rings (SSSR count). The van der Waals surface area contributed by atoms with E-state index in [2.05, 4.69) is 10.1 Å². The summed E-state index contributed by atoms with van der Waals surface area (Å²) in [5.74, 6) is -0.603. The Labute approximate surface area is 107 Å². The van der Waals surface area contributed by atoms with Crippen molar-refractivity contribution in [2.24, 2.45) is 5.73 Å². The Morgan fingerprint density at radius 3 is 2.68 bits per heavy atom. The van der Waals surface area contributed by atoms with Gasteiger partial charge in [-0.15, -0.1) is 0 Å². The van der Waals surface area contributed by atoms with E-state index in [1.54, 1.807) is 0 Å². The van der Waals surface area contributed by atoms with Crippen LogP contribution < -0.4 is 16.8 Å². The molecule has 0 saturated carbocycles. The van der Waals surface area contributed by atoms with Gasteiger partial charge in [-0.25, -0.2) is 4.79 Å². The molecule has 19 heavy (non-hydrogen) atoms. The van der Waals surface area contributed by atoms with Crippen LogP contribution in [0, 0.1) is 10.1 Å². The Morgan fingerprint density at radius 2 is 2.11 bits per heavy atom. The molecule has 0 atom stereocenters. The third-order valence-electron chi connectivity index (χ3n) is 2.16. The molecule has 0 aromatic heterocycles. The Bertz CT molecular complexity index is 517. The first-order valence-corrected chi connectivity index (χ1v) is 5.16. The SMILES string of the molecule is NC(=O)OCCNC(=O)c1cccc([N+](=O)[O-])c1N. The zero-order valence-corrected chi connectivity index (χ0v) is 9.79. The number of anilines is 1. The summed E-state index contributed by atoms with van der Waals surface area (Å²) in [5, 5.41) is 13.0. The Morgan fingerprint density at radius 1 is 1.42 bits per heavy atom. The summed E-state index contributed by atoms with van der Waals surface area (Å²) in [4.78, 5) is 32.0. The van der Waals surface area contributed by atoms with Crippen molar-refractivity contribution in [1.82, 2.24) is 5.32 Å². The number of carbonyl (C=O) groups excluding carboxylic acids is 2. The second kappa shape index (κ2) is 6.19. The fraction of sp³-hybridized carbons (Fsp3) is 0.200. The lowest BCUT2D eigenvalue weighted by atomic mass is 10.1. The highest BCUT2D eigenvalue weighted by Crippen LogP contribution is 2.24. The van der Waals surface area contributed by atoms with Crippen LogP contribution in [0.25, 0.3) is 0 Å². The summed E-state index contributed by atoms with van der Waals surface area (Å²) in [7, 11) is 0. The maximum Gasteiger partial charge on any atom is 0.404 e. The van der Waals surface area contributed by atoms with Crippen LogP contribution in [0.1, 0.15) is 10.4 Å². The summed E-state index contributed by atoms with van der Waals surface area (Å²) in [6.45, 7) is -0.0835. The predicted octanol–water partition coefficient (Wildman–Crippen LogP) is 0.00210. The number of nitrogens with one attached hydrogen (secondary N) is 1. The van der Waals surface area contributed by atoms with Crippen LogP contribution in [-0.2, 0) is 4.74 Å². The van der Waals surface area contributed by atoms with Crippen LogP contribution >= 0.6 is 0 Å². The van der Waals surface area contributed by atoms with E-state index >= 15 is 0 Å². The second-order valence-corrected chi connectivity index (χ2v) is 3.42. The summed E-state index contributed by atoms with van der Waals surface area (Å²) < 4.78 is 4.40. The van der Waals surface area contributed by atoms with Crippen LogP contribution in [0.5, 0.6) is 0 Å². The van der Waals surface area contributed by atoms with Gasteiger partial charge in [-0.2, -0.15) is 0 Å². The minimum Gasteiger partial charge on any atom is -0.448 e. The quantitative estimate of drug-likeness (QED) is 0.296. The molecule has 0 aliphatic rings. The van der Waals surface area contributed by atoms with Crippen LogP contribution in [0.2, 0.25) is 0 Å². The minimum atomic E-state index is -0.955. The standard InChI is InChI=1S/C10H12N4O5/c11-8-6(2-1-3-7(8)14(17)18)9(15)13-4-5-19-10(12)16/h1-3H,4-5,11H2,(H2,12,16)(H,13,15). The van der Waals surface area contributed by atoms with E-state index < -0.39 is 16.9 Å². The number of ether oxygens (including phenoxy) is 1. The largest absolute Gasteiger partial charge is 0.448 e. The van der Waals surface area contributed by atoms with Gasteiger partial charge in [0.2, 0.25) is 0 Å². The molecule has 5 N–H and O–H groups in total. The normalized spacial score (nSPS) is 9.68. The van der Waals surface area contributed by atoms with Crippen molar-refractivity contribution in [2.45, 2.75) is 0 Å². The van der Waals surface area contributed by atoms with E-state index in [4.69, 9.17) is 11.5 Å². The molecule has 0 heterocycles. The average molecular weight is 268 g/mol. The maximum atomic E-state index is 11.7. The Hall–Kier alpha value is -2.84. The molecule has 0 aliphatic carbocycles. The maximum absolute atomic E-state index is 11.7. The molecule has 0 fully saturated rings. The molecule has 2 amide bonds. The van der Waals surface area contributed by atoms with Gasteiger partial charge in [-0.1, -0.05) is 6.07 Å². The molecule has 0 spiro atoms. The van der Waals surface area contributed by atoms with Crippen LogP contribution in [-0.4, -0.2) is 30.1 Å². The highest BCUT2D eigenvalue weighted by molar-refractivity contribution is 6.00. The van der Waals surface area contributed by atoms with Gasteiger partial charge in [0.05, 0.1) is 17.0 Å². The molecular weight excluding hydrogens is 256 g/mol. The number of carbonyl (C=O) groups is 2. The Kier molecular flexibility index (Phi) is 4.63. The molecule has 9 heteroatoms. The zero-order valence-electron chi connectivity index (χ0n) is 9.79. The minimum absolute atomic E-state index is 0.0178. The van der Waals surface area contributed by atoms with Crippen molar-refractivity contribution < 1.29 is 19.2 Å². The van der Waals surface area contributed by atoms with E-state index in [0.29, 0.717) is 0 Å². The van der Waals surface area contributed by atoms with Gasteiger partial charge in [0.15, 0.2) is 0 Å². The first-order valence-electron chi connectivity index (χ1n) is 5.16. The van der Waals surface area contributed by atoms with Crippen molar-refractivity contribution in [3.8, 4) is 0 Å². The average Bonchev–Trinajstić information content (AvgIpc) is 2.34. The van der Waals surface area contributed by atoms with Gasteiger partial charge >= 0.3 is 6.09 Å². The van der Waals surface area contributed by atoms with Crippen molar-refractivity contribution >= 4 is 23.4 Å². The molecule has 0 unspecified atom stereocenters. The lowest BCUT2D eigenvalue weighted by molar-refractivity contribution is -0.383. The fourth-order valence-corrected chi connectivity index (χ4v) is 1.32. The Balaban J connectivity index is 2.70. The number of rotatable bonds is 5. The number of nitro groups is 1. The lowest BCUT2D eigenvalue weighted by Gasteiger charge is -2.07. The monoisotopic (exact) mass is 268 g/mol. The molecule has 0 radical (unpaired) electrons. The van der Waals surface area contributed by atoms with Crippen molar-refractivity contribution in [2.75, 3.05) is 18.9 Å². The zero-order chi connectivity index (χ0) is 14.4. The molecule has 1 aromatic carbocycles. The van der Waals surface area contributed by atoms with Gasteiger partial charge in [-0.3, -0.25) is 14.9 Å². The second-order valence-electron chi connectivity index (χ2n) is 3.42. The number of hydrogen-bond donors (Lipinski definition) is 3. The van der Waals surface area contributed by atoms with Crippen LogP contribution in [0.15, 0.2) is 18.2 Å². The molecule has 0 bridgehead atoms. The summed E-state index contributed by atoms with van der Waals surface area (Å²) in [5.41, 5.74) is 9.67. The van der Waals surface area contributed by atoms with E-state index in [9.17, 15) is 19.7 Å². The first kappa shape index (κ1) is 14.2. The molecule has 102 valence electrons. The molecule has 0 aliphatic heterocycles. The molecule has 0 saturated heterocycles. The highest BCUT2D eigenvalue weighted by atomic mass is 16.6. The van der Waals surface area contributed by atoms with Crippen molar-refractivity contribution in [3.05, 3.63) is 33.9 Å². The van der Waals surface area contributed by atoms with E-state index in [1.807, 2.05) is 0 Å². The summed E-state index contributed by atoms with van der Waals surface area (Å²) in [6.07, 6.45) is -0.955. The van der Waals surface area contributed by atoms with E-state index in [0.717, 1.165) is 0 Å². The van der Waals surface area contributed by atoms with E-state index in [-0.39, 0.29) is 30.1 Å².